The Balaban J connectivity index is 2.59. The number of hydrogen-bond acceptors (Lipinski definition) is 6. The summed E-state index contributed by atoms with van der Waals surface area (Å²) in [6.45, 7) is 0. The minimum Gasteiger partial charge on any atom is -0.285 e. The molecule has 0 unspecified atom stereocenters. The van der Waals surface area contributed by atoms with Gasteiger partial charge in [0, 0.05) is 22.6 Å². The van der Waals surface area contributed by atoms with E-state index in [0.29, 0.717) is 0 Å². The van der Waals surface area contributed by atoms with Crippen LogP contribution in [0.4, 0.5) is 11.4 Å². The molecule has 0 atom stereocenters. The highest BCUT2D eigenvalue weighted by molar-refractivity contribution is 6.57. The van der Waals surface area contributed by atoms with Crippen LogP contribution in [0, 0.1) is 20.2 Å². The summed E-state index contributed by atoms with van der Waals surface area (Å²) in [5, 5.41) is 22.1. The molecule has 3 rings (SSSR count). The van der Waals surface area contributed by atoms with Gasteiger partial charge in [0.25, 0.3) is 0 Å². The van der Waals surface area contributed by atoms with E-state index in [4.69, 9.17) is 0 Å². The van der Waals surface area contributed by atoms with Gasteiger partial charge in [-0.1, -0.05) is 12.1 Å². The molecular formula is C12H4N2O6. The van der Waals surface area contributed by atoms with Gasteiger partial charge < -0.3 is 0 Å². The Morgan fingerprint density at radius 1 is 0.900 bits per heavy atom. The van der Waals surface area contributed by atoms with Crippen molar-refractivity contribution in [3.63, 3.8) is 0 Å². The molecule has 1 aliphatic rings. The number of hydrogen-bond donors (Lipinski definition) is 0. The van der Waals surface area contributed by atoms with Gasteiger partial charge >= 0.3 is 11.4 Å². The van der Waals surface area contributed by atoms with Crippen molar-refractivity contribution in [2.75, 3.05) is 0 Å². The first-order valence-corrected chi connectivity index (χ1v) is 5.41. The number of ketones is 2. The van der Waals surface area contributed by atoms with Crippen molar-refractivity contribution >= 4 is 33.7 Å². The predicted octanol–water partition coefficient (Wildman–Crippen LogP) is 2.04. The van der Waals surface area contributed by atoms with E-state index in [0.717, 1.165) is 6.07 Å². The largest absolute Gasteiger partial charge is 0.353 e. The Labute approximate surface area is 109 Å². The number of Topliss-reactive ketones (excluding diaryl/α,β-unsaturated/α-hetero) is 2. The topological polar surface area (TPSA) is 120 Å². The third-order valence-electron chi connectivity index (χ3n) is 3.19. The number of nitro groups is 2. The van der Waals surface area contributed by atoms with Crippen LogP contribution in [0.5, 0.6) is 0 Å². The lowest BCUT2D eigenvalue weighted by Crippen LogP contribution is -2.06. The molecule has 0 heterocycles. The highest BCUT2D eigenvalue weighted by atomic mass is 16.6. The van der Waals surface area contributed by atoms with Gasteiger partial charge in [0.05, 0.1) is 15.2 Å². The van der Waals surface area contributed by atoms with Crippen molar-refractivity contribution < 1.29 is 19.4 Å². The molecule has 8 heteroatoms. The van der Waals surface area contributed by atoms with E-state index >= 15 is 0 Å². The number of nitrogens with zero attached hydrogens (tertiary/aromatic N) is 2. The van der Waals surface area contributed by atoms with Crippen molar-refractivity contribution in [3.05, 3.63) is 55.6 Å². The number of nitro benzene ring substituents is 2. The van der Waals surface area contributed by atoms with Crippen LogP contribution in [-0.4, -0.2) is 21.4 Å². The lowest BCUT2D eigenvalue weighted by Gasteiger charge is -2.02. The van der Waals surface area contributed by atoms with Crippen molar-refractivity contribution in [3.8, 4) is 0 Å². The first-order valence-electron chi connectivity index (χ1n) is 5.41. The zero-order valence-corrected chi connectivity index (χ0v) is 9.65. The fraction of sp³-hybridized carbons (Fsp3) is 0. The molecule has 8 nitrogen and oxygen atoms in total. The van der Waals surface area contributed by atoms with Crippen LogP contribution >= 0.6 is 0 Å². The third-order valence-corrected chi connectivity index (χ3v) is 3.19. The number of benzene rings is 2. The molecule has 0 spiro atoms. The standard InChI is InChI=1S/C12H4N2O6/c15-11-6-3-1-2-5-9(6)7(12(11)16)4-8(13(17)18)10(5)14(19)20/h1-4H. The maximum absolute atomic E-state index is 11.8. The van der Waals surface area contributed by atoms with Gasteiger partial charge in [-0.2, -0.15) is 0 Å². The minimum absolute atomic E-state index is 0.0421. The maximum Gasteiger partial charge on any atom is 0.353 e. The Morgan fingerprint density at radius 2 is 1.55 bits per heavy atom. The van der Waals surface area contributed by atoms with Crippen LogP contribution in [0.25, 0.3) is 10.8 Å². The summed E-state index contributed by atoms with van der Waals surface area (Å²) in [7, 11) is 0. The molecule has 0 saturated heterocycles. The van der Waals surface area contributed by atoms with E-state index in [1.807, 2.05) is 0 Å². The van der Waals surface area contributed by atoms with Gasteiger partial charge in [0.1, 0.15) is 0 Å². The minimum atomic E-state index is -0.934. The number of rotatable bonds is 2. The van der Waals surface area contributed by atoms with E-state index in [-0.39, 0.29) is 21.9 Å². The van der Waals surface area contributed by atoms with E-state index in [1.54, 1.807) is 0 Å². The highest BCUT2D eigenvalue weighted by Gasteiger charge is 2.38. The fourth-order valence-electron chi connectivity index (χ4n) is 2.40. The van der Waals surface area contributed by atoms with E-state index in [2.05, 4.69) is 0 Å². The summed E-state index contributed by atoms with van der Waals surface area (Å²) >= 11 is 0. The molecule has 0 aromatic heterocycles. The average Bonchev–Trinajstić information content (AvgIpc) is 2.65. The van der Waals surface area contributed by atoms with Crippen LogP contribution in [0.15, 0.2) is 24.3 Å². The second-order valence-corrected chi connectivity index (χ2v) is 4.19. The Morgan fingerprint density at radius 3 is 2.15 bits per heavy atom. The molecule has 0 bridgehead atoms. The first kappa shape index (κ1) is 11.9. The molecule has 0 radical (unpaired) electrons. The van der Waals surface area contributed by atoms with Crippen LogP contribution in [0.3, 0.4) is 0 Å². The molecule has 2 aromatic carbocycles. The summed E-state index contributed by atoms with van der Waals surface area (Å²) in [6.07, 6.45) is 0. The molecule has 98 valence electrons. The number of carbonyl (C=O) groups excluding carboxylic acids is 2. The molecule has 20 heavy (non-hydrogen) atoms. The molecule has 0 fully saturated rings. The van der Waals surface area contributed by atoms with Crippen LogP contribution in [0.2, 0.25) is 0 Å². The second kappa shape index (κ2) is 3.67. The predicted molar refractivity (Wildman–Crippen MR) is 65.9 cm³/mol. The van der Waals surface area contributed by atoms with Gasteiger partial charge in [-0.05, 0) is 6.07 Å². The Bertz CT molecular complexity index is 855. The molecule has 1 aliphatic carbocycles. The van der Waals surface area contributed by atoms with Crippen molar-refractivity contribution in [2.24, 2.45) is 0 Å². The smallest absolute Gasteiger partial charge is 0.285 e. The maximum atomic E-state index is 11.8. The van der Waals surface area contributed by atoms with Crippen molar-refractivity contribution in [1.29, 1.82) is 0 Å². The van der Waals surface area contributed by atoms with Gasteiger partial charge in [0.2, 0.25) is 11.6 Å². The fourth-order valence-corrected chi connectivity index (χ4v) is 2.40. The molecule has 0 amide bonds. The lowest BCUT2D eigenvalue weighted by molar-refractivity contribution is -0.421. The molecule has 0 saturated carbocycles. The summed E-state index contributed by atoms with van der Waals surface area (Å²) in [4.78, 5) is 43.8. The molecule has 0 N–H and O–H groups in total. The van der Waals surface area contributed by atoms with Gasteiger partial charge in [-0.25, -0.2) is 0 Å². The zero-order valence-electron chi connectivity index (χ0n) is 9.65. The van der Waals surface area contributed by atoms with Gasteiger partial charge in [0.15, 0.2) is 0 Å². The summed E-state index contributed by atoms with van der Waals surface area (Å²) in [6, 6.07) is 4.82. The van der Waals surface area contributed by atoms with E-state index in [9.17, 15) is 29.8 Å². The highest BCUT2D eigenvalue weighted by Crippen LogP contribution is 2.41. The quantitative estimate of drug-likeness (QED) is 0.468. The Kier molecular flexibility index (Phi) is 2.18. The molecular weight excluding hydrogens is 268 g/mol. The van der Waals surface area contributed by atoms with Crippen LogP contribution < -0.4 is 0 Å². The van der Waals surface area contributed by atoms with Crippen molar-refractivity contribution in [2.45, 2.75) is 0 Å². The molecule has 0 aliphatic heterocycles. The normalized spacial score (nSPS) is 13.0. The van der Waals surface area contributed by atoms with Crippen LogP contribution in [0.1, 0.15) is 20.7 Å². The van der Waals surface area contributed by atoms with Gasteiger partial charge in [-0.15, -0.1) is 0 Å². The van der Waals surface area contributed by atoms with Crippen molar-refractivity contribution in [1.82, 2.24) is 0 Å². The summed E-state index contributed by atoms with van der Waals surface area (Å²) in [5.74, 6) is -1.69. The van der Waals surface area contributed by atoms with E-state index < -0.39 is 32.8 Å². The second-order valence-electron chi connectivity index (χ2n) is 4.19. The third kappa shape index (κ3) is 1.30. The SMILES string of the molecule is O=C1C(=O)c2cc([N+](=O)[O-])c([N+](=O)[O-])c3cccc1c23. The number of carbonyl (C=O) groups is 2. The van der Waals surface area contributed by atoms with Crippen LogP contribution in [-0.2, 0) is 0 Å². The monoisotopic (exact) mass is 272 g/mol. The average molecular weight is 272 g/mol. The summed E-state index contributed by atoms with van der Waals surface area (Å²) < 4.78 is 0. The lowest BCUT2D eigenvalue weighted by atomic mass is 10.0. The van der Waals surface area contributed by atoms with Gasteiger partial charge in [-0.3, -0.25) is 29.8 Å². The van der Waals surface area contributed by atoms with E-state index in [1.165, 1.54) is 18.2 Å². The summed E-state index contributed by atoms with van der Waals surface area (Å²) in [5.41, 5.74) is -1.62. The first-order chi connectivity index (χ1) is 9.43. The molecule has 2 aromatic rings. The Hall–Kier alpha value is -3.16. The zero-order chi connectivity index (χ0) is 14.6.